The van der Waals surface area contributed by atoms with Gasteiger partial charge >= 0.3 is 5.97 Å². The summed E-state index contributed by atoms with van der Waals surface area (Å²) in [6.45, 7) is 1.84. The zero-order valence-corrected chi connectivity index (χ0v) is 11.5. The third-order valence-electron chi connectivity index (χ3n) is 2.13. The molecule has 1 heterocycles. The molecule has 0 saturated carbocycles. The summed E-state index contributed by atoms with van der Waals surface area (Å²) in [5.41, 5.74) is -0.348. The number of rotatable bonds is 5. The van der Waals surface area contributed by atoms with Gasteiger partial charge in [0, 0.05) is 5.56 Å². The highest BCUT2D eigenvalue weighted by atomic mass is 79.9. The smallest absolute Gasteiger partial charge is 0.311 e. The van der Waals surface area contributed by atoms with E-state index in [1.165, 1.54) is 7.11 Å². The molecule has 1 rings (SSSR count). The summed E-state index contributed by atoms with van der Waals surface area (Å²) in [6.07, 6.45) is -3.03. The van der Waals surface area contributed by atoms with Crippen LogP contribution in [-0.4, -0.2) is 24.7 Å². The average molecular weight is 324 g/mol. The van der Waals surface area contributed by atoms with Gasteiger partial charge in [-0.3, -0.25) is 4.79 Å². The van der Waals surface area contributed by atoms with Crippen LogP contribution >= 0.6 is 15.9 Å². The number of carbonyl (C=O) groups is 1. The molecule has 0 amide bonds. The molecule has 4 nitrogen and oxygen atoms in total. The summed E-state index contributed by atoms with van der Waals surface area (Å²) in [7, 11) is 1.35. The first kappa shape index (κ1) is 14.8. The molecule has 0 N–H and O–H groups in total. The van der Waals surface area contributed by atoms with Gasteiger partial charge in [0.05, 0.1) is 25.8 Å². The topological polar surface area (TPSA) is 48.4 Å². The highest BCUT2D eigenvalue weighted by Gasteiger charge is 2.20. The van der Waals surface area contributed by atoms with Gasteiger partial charge in [-0.25, -0.2) is 13.8 Å². The normalized spacial score (nSPS) is 10.6. The van der Waals surface area contributed by atoms with Gasteiger partial charge in [-0.2, -0.15) is 0 Å². The van der Waals surface area contributed by atoms with Crippen LogP contribution in [0.25, 0.3) is 0 Å². The third kappa shape index (κ3) is 3.63. The first-order valence-electron chi connectivity index (χ1n) is 5.16. The molecule has 0 aliphatic heterocycles. The predicted octanol–water partition coefficient (Wildman–Crippen LogP) is 2.90. The lowest BCUT2D eigenvalue weighted by Gasteiger charge is -2.11. The van der Waals surface area contributed by atoms with Crippen molar-refractivity contribution in [2.75, 3.05) is 13.7 Å². The van der Waals surface area contributed by atoms with E-state index < -0.39 is 12.4 Å². The van der Waals surface area contributed by atoms with Gasteiger partial charge in [0.25, 0.3) is 6.43 Å². The number of aromatic nitrogens is 1. The fraction of sp³-hybridized carbons (Fsp3) is 0.455. The van der Waals surface area contributed by atoms with E-state index in [4.69, 9.17) is 9.47 Å². The number of nitrogens with zero attached hydrogens (tertiary/aromatic N) is 1. The Morgan fingerprint density at radius 2 is 2.22 bits per heavy atom. The van der Waals surface area contributed by atoms with Crippen LogP contribution in [0.5, 0.6) is 5.75 Å². The Hall–Kier alpha value is -1.24. The molecule has 0 aliphatic rings. The standard InChI is InChI=1S/C11H12BrF2NO3/c1-3-18-9(16)5-7-6(11(13)14)4-8(17-2)10(12)15-7/h4,11H,3,5H2,1-2H3. The molecule has 0 aliphatic carbocycles. The summed E-state index contributed by atoms with van der Waals surface area (Å²) >= 11 is 3.09. The molecule has 0 radical (unpaired) electrons. The van der Waals surface area contributed by atoms with Gasteiger partial charge in [-0.1, -0.05) is 0 Å². The van der Waals surface area contributed by atoms with E-state index in [0.717, 1.165) is 6.07 Å². The second-order valence-electron chi connectivity index (χ2n) is 3.30. The van der Waals surface area contributed by atoms with Crippen LogP contribution in [0.4, 0.5) is 8.78 Å². The van der Waals surface area contributed by atoms with Crippen molar-refractivity contribution in [2.45, 2.75) is 19.8 Å². The van der Waals surface area contributed by atoms with Crippen molar-refractivity contribution in [1.29, 1.82) is 0 Å². The number of ether oxygens (including phenoxy) is 2. The van der Waals surface area contributed by atoms with Gasteiger partial charge < -0.3 is 9.47 Å². The molecule has 0 spiro atoms. The van der Waals surface area contributed by atoms with E-state index in [0.29, 0.717) is 0 Å². The van der Waals surface area contributed by atoms with Crippen LogP contribution in [0.15, 0.2) is 10.7 Å². The Labute approximate surface area is 111 Å². The van der Waals surface area contributed by atoms with Crippen molar-refractivity contribution in [3.8, 4) is 5.75 Å². The van der Waals surface area contributed by atoms with E-state index in [2.05, 4.69) is 20.9 Å². The minimum atomic E-state index is -2.73. The second-order valence-corrected chi connectivity index (χ2v) is 4.05. The lowest BCUT2D eigenvalue weighted by atomic mass is 10.1. The monoisotopic (exact) mass is 323 g/mol. The molecule has 100 valence electrons. The maximum absolute atomic E-state index is 12.8. The van der Waals surface area contributed by atoms with Crippen molar-refractivity contribution in [1.82, 2.24) is 4.98 Å². The number of alkyl halides is 2. The summed E-state index contributed by atoms with van der Waals surface area (Å²) < 4.78 is 35.6. The molecule has 0 bridgehead atoms. The molecule has 7 heteroatoms. The maximum Gasteiger partial charge on any atom is 0.311 e. The number of hydrogen-bond donors (Lipinski definition) is 0. The van der Waals surface area contributed by atoms with E-state index in [1.54, 1.807) is 6.92 Å². The molecular formula is C11H12BrF2NO3. The van der Waals surface area contributed by atoms with Crippen molar-refractivity contribution in [3.63, 3.8) is 0 Å². The van der Waals surface area contributed by atoms with Crippen molar-refractivity contribution >= 4 is 21.9 Å². The Morgan fingerprint density at radius 3 is 2.72 bits per heavy atom. The quantitative estimate of drug-likeness (QED) is 0.617. The SMILES string of the molecule is CCOC(=O)Cc1nc(Br)c(OC)cc1C(F)F. The van der Waals surface area contributed by atoms with Gasteiger partial charge in [0.2, 0.25) is 0 Å². The van der Waals surface area contributed by atoms with Crippen LogP contribution in [0.2, 0.25) is 0 Å². The van der Waals surface area contributed by atoms with Crippen molar-refractivity contribution < 1.29 is 23.0 Å². The zero-order chi connectivity index (χ0) is 13.7. The first-order chi connectivity index (χ1) is 8.49. The molecule has 0 saturated heterocycles. The maximum atomic E-state index is 12.8. The molecule has 0 fully saturated rings. The lowest BCUT2D eigenvalue weighted by Crippen LogP contribution is -2.11. The Morgan fingerprint density at radius 1 is 1.56 bits per heavy atom. The Bertz CT molecular complexity index is 441. The predicted molar refractivity (Wildman–Crippen MR) is 63.8 cm³/mol. The van der Waals surface area contributed by atoms with Gasteiger partial charge in [-0.15, -0.1) is 0 Å². The van der Waals surface area contributed by atoms with Gasteiger partial charge in [0.15, 0.2) is 5.75 Å². The van der Waals surface area contributed by atoms with E-state index in [-0.39, 0.29) is 34.6 Å². The van der Waals surface area contributed by atoms with Crippen LogP contribution < -0.4 is 4.74 Å². The number of esters is 1. The molecule has 18 heavy (non-hydrogen) atoms. The Balaban J connectivity index is 3.09. The highest BCUT2D eigenvalue weighted by Crippen LogP contribution is 2.31. The number of pyridine rings is 1. The van der Waals surface area contributed by atoms with Crippen LogP contribution in [-0.2, 0) is 16.0 Å². The summed E-state index contributed by atoms with van der Waals surface area (Å²) in [5, 5.41) is 0. The fourth-order valence-corrected chi connectivity index (χ4v) is 1.84. The third-order valence-corrected chi connectivity index (χ3v) is 2.70. The van der Waals surface area contributed by atoms with Crippen molar-refractivity contribution in [2.24, 2.45) is 0 Å². The molecule has 1 aromatic heterocycles. The minimum Gasteiger partial charge on any atom is -0.494 e. The number of halogens is 3. The second kappa shape index (κ2) is 6.63. The summed E-state index contributed by atoms with van der Waals surface area (Å²) in [4.78, 5) is 15.2. The first-order valence-corrected chi connectivity index (χ1v) is 5.96. The fourth-order valence-electron chi connectivity index (χ4n) is 1.34. The highest BCUT2D eigenvalue weighted by molar-refractivity contribution is 9.10. The number of carbonyl (C=O) groups excluding carboxylic acids is 1. The minimum absolute atomic E-state index is 0.0175. The summed E-state index contributed by atoms with van der Waals surface area (Å²) in [5.74, 6) is -0.401. The van der Waals surface area contributed by atoms with Crippen LogP contribution in [0.1, 0.15) is 24.6 Å². The molecule has 0 atom stereocenters. The molecule has 0 aromatic carbocycles. The van der Waals surface area contributed by atoms with E-state index >= 15 is 0 Å². The Kier molecular flexibility index (Phi) is 5.46. The van der Waals surface area contributed by atoms with Gasteiger partial charge in [-0.05, 0) is 28.9 Å². The van der Waals surface area contributed by atoms with Crippen LogP contribution in [0, 0.1) is 0 Å². The average Bonchev–Trinajstić information content (AvgIpc) is 2.29. The van der Waals surface area contributed by atoms with E-state index in [9.17, 15) is 13.6 Å². The van der Waals surface area contributed by atoms with E-state index in [1.807, 2.05) is 0 Å². The largest absolute Gasteiger partial charge is 0.494 e. The number of hydrogen-bond acceptors (Lipinski definition) is 4. The number of methoxy groups -OCH3 is 1. The summed E-state index contributed by atoms with van der Waals surface area (Å²) in [6, 6.07) is 1.16. The van der Waals surface area contributed by atoms with Crippen LogP contribution in [0.3, 0.4) is 0 Å². The van der Waals surface area contributed by atoms with Gasteiger partial charge in [0.1, 0.15) is 4.60 Å². The van der Waals surface area contributed by atoms with Crippen molar-refractivity contribution in [3.05, 3.63) is 21.9 Å². The molecule has 1 aromatic rings. The molecule has 0 unspecified atom stereocenters. The molecular weight excluding hydrogens is 312 g/mol. The lowest BCUT2D eigenvalue weighted by molar-refractivity contribution is -0.142. The zero-order valence-electron chi connectivity index (χ0n) is 9.87.